The van der Waals surface area contributed by atoms with Crippen molar-refractivity contribution in [2.45, 2.75) is 57.7 Å². The molecule has 0 aliphatic heterocycles. The predicted octanol–water partition coefficient (Wildman–Crippen LogP) is 0.785. The molecule has 0 amide bonds. The molecule has 1 fully saturated rings. The Bertz CT molecular complexity index is 337. The Hall–Kier alpha value is -1.14. The minimum Gasteiger partial charge on any atom is -0.464 e. The monoisotopic (exact) mass is 288 g/mol. The Kier molecular flexibility index (Phi) is 6.42. The highest BCUT2D eigenvalue weighted by Gasteiger charge is 2.54. The van der Waals surface area contributed by atoms with Gasteiger partial charge in [-0.05, 0) is 26.7 Å². The second-order valence-corrected chi connectivity index (χ2v) is 5.04. The lowest BCUT2D eigenvalue weighted by atomic mass is 9.74. The summed E-state index contributed by atoms with van der Waals surface area (Å²) in [6, 6.07) is 0. The molecule has 6 nitrogen and oxygen atoms in total. The van der Waals surface area contributed by atoms with Crippen molar-refractivity contribution >= 4 is 11.9 Å². The van der Waals surface area contributed by atoms with E-state index in [-0.39, 0.29) is 13.2 Å². The summed E-state index contributed by atoms with van der Waals surface area (Å²) in [5, 5.41) is 20.8. The molecule has 116 valence electrons. The summed E-state index contributed by atoms with van der Waals surface area (Å²) >= 11 is 0. The number of aliphatic hydroxyl groups excluding tert-OH is 1. The maximum absolute atomic E-state index is 12.1. The minimum absolute atomic E-state index is 0.0689. The molecule has 1 saturated carbocycles. The molecule has 0 spiro atoms. The normalized spacial score (nSPS) is 20.8. The molecule has 2 N–H and O–H groups in total. The molecule has 0 saturated heterocycles. The van der Waals surface area contributed by atoms with Gasteiger partial charge in [0.25, 0.3) is 0 Å². The summed E-state index contributed by atoms with van der Waals surface area (Å²) in [5.74, 6) is -2.43. The van der Waals surface area contributed by atoms with Gasteiger partial charge in [-0.1, -0.05) is 19.3 Å². The third-order valence-corrected chi connectivity index (χ3v) is 3.76. The van der Waals surface area contributed by atoms with Gasteiger partial charge in [0.2, 0.25) is 5.60 Å². The van der Waals surface area contributed by atoms with Gasteiger partial charge >= 0.3 is 11.9 Å². The van der Waals surface area contributed by atoms with E-state index in [0.29, 0.717) is 12.8 Å². The van der Waals surface area contributed by atoms with Crippen molar-refractivity contribution in [3.8, 4) is 0 Å². The first-order chi connectivity index (χ1) is 9.48. The average Bonchev–Trinajstić information content (AvgIpc) is 2.47. The maximum Gasteiger partial charge on any atom is 0.341 e. The zero-order valence-electron chi connectivity index (χ0n) is 12.1. The zero-order chi connectivity index (χ0) is 15.2. The fourth-order valence-electron chi connectivity index (χ4n) is 2.69. The first-order valence-corrected chi connectivity index (χ1v) is 7.22. The van der Waals surface area contributed by atoms with Gasteiger partial charge in [0, 0.05) is 5.92 Å². The molecule has 1 aliphatic carbocycles. The van der Waals surface area contributed by atoms with E-state index < -0.39 is 29.6 Å². The molecular weight excluding hydrogens is 264 g/mol. The third kappa shape index (κ3) is 3.49. The molecular formula is C14H24O6. The van der Waals surface area contributed by atoms with Crippen molar-refractivity contribution in [2.24, 2.45) is 5.92 Å². The predicted molar refractivity (Wildman–Crippen MR) is 70.8 cm³/mol. The van der Waals surface area contributed by atoms with Crippen LogP contribution < -0.4 is 0 Å². The van der Waals surface area contributed by atoms with Crippen molar-refractivity contribution in [3.05, 3.63) is 0 Å². The number of rotatable bonds is 6. The molecule has 2 atom stereocenters. The van der Waals surface area contributed by atoms with E-state index >= 15 is 0 Å². The summed E-state index contributed by atoms with van der Waals surface area (Å²) in [7, 11) is 0. The molecule has 0 radical (unpaired) electrons. The highest BCUT2D eigenvalue weighted by atomic mass is 16.6. The van der Waals surface area contributed by atoms with E-state index in [2.05, 4.69) is 0 Å². The molecule has 0 bridgehead atoms. The molecule has 1 aliphatic rings. The van der Waals surface area contributed by atoms with E-state index in [1.54, 1.807) is 13.8 Å². The van der Waals surface area contributed by atoms with Gasteiger partial charge in [0.15, 0.2) is 6.10 Å². The first kappa shape index (κ1) is 16.9. The van der Waals surface area contributed by atoms with Crippen LogP contribution in [0.25, 0.3) is 0 Å². The Morgan fingerprint density at radius 2 is 1.70 bits per heavy atom. The fraction of sp³-hybridized carbons (Fsp3) is 0.857. The van der Waals surface area contributed by atoms with Gasteiger partial charge in [-0.3, -0.25) is 0 Å². The van der Waals surface area contributed by atoms with E-state index in [1.807, 2.05) is 0 Å². The number of hydrogen-bond acceptors (Lipinski definition) is 6. The average molecular weight is 288 g/mol. The minimum atomic E-state index is -2.22. The number of carbonyl (C=O) groups excluding carboxylic acids is 2. The molecule has 0 heterocycles. The van der Waals surface area contributed by atoms with E-state index in [0.717, 1.165) is 19.3 Å². The lowest BCUT2D eigenvalue weighted by Crippen LogP contribution is -2.59. The maximum atomic E-state index is 12.1. The van der Waals surface area contributed by atoms with E-state index in [4.69, 9.17) is 9.47 Å². The quantitative estimate of drug-likeness (QED) is 0.702. The topological polar surface area (TPSA) is 93.1 Å². The van der Waals surface area contributed by atoms with Gasteiger partial charge in [-0.15, -0.1) is 0 Å². The molecule has 0 aromatic heterocycles. The van der Waals surface area contributed by atoms with Crippen LogP contribution in [-0.4, -0.2) is 47.1 Å². The molecule has 20 heavy (non-hydrogen) atoms. The van der Waals surface area contributed by atoms with Crippen LogP contribution in [0.2, 0.25) is 0 Å². The van der Waals surface area contributed by atoms with Gasteiger partial charge in [-0.2, -0.15) is 0 Å². The van der Waals surface area contributed by atoms with Crippen molar-refractivity contribution in [1.82, 2.24) is 0 Å². The first-order valence-electron chi connectivity index (χ1n) is 7.22. The van der Waals surface area contributed by atoms with Crippen LogP contribution in [0.4, 0.5) is 0 Å². The molecule has 0 aromatic rings. The standard InChI is InChI=1S/C14H24O6/c1-3-19-12(16)11(15)14(18,13(17)20-4-2)10-8-6-5-7-9-10/h10-11,15,18H,3-9H2,1-2H3/t11-,14+/m1/s1. The van der Waals surface area contributed by atoms with Crippen molar-refractivity contribution in [3.63, 3.8) is 0 Å². The Labute approximate surface area is 119 Å². The summed E-state index contributed by atoms with van der Waals surface area (Å²) in [6.45, 7) is 3.34. The Morgan fingerprint density at radius 1 is 1.15 bits per heavy atom. The number of carbonyl (C=O) groups is 2. The van der Waals surface area contributed by atoms with E-state index in [1.165, 1.54) is 0 Å². The van der Waals surface area contributed by atoms with Crippen LogP contribution in [0.5, 0.6) is 0 Å². The Morgan fingerprint density at radius 3 is 2.20 bits per heavy atom. The van der Waals surface area contributed by atoms with E-state index in [9.17, 15) is 19.8 Å². The molecule has 0 aromatic carbocycles. The third-order valence-electron chi connectivity index (χ3n) is 3.76. The van der Waals surface area contributed by atoms with Crippen LogP contribution in [-0.2, 0) is 19.1 Å². The SMILES string of the molecule is CCOC(=O)[C@@H](O)[C@](O)(C(=O)OCC)C1CCCCC1. The molecule has 0 unspecified atom stereocenters. The highest BCUT2D eigenvalue weighted by Crippen LogP contribution is 2.36. The van der Waals surface area contributed by atoms with Gasteiger partial charge in [-0.25, -0.2) is 9.59 Å². The van der Waals surface area contributed by atoms with Crippen molar-refractivity contribution in [1.29, 1.82) is 0 Å². The zero-order valence-corrected chi connectivity index (χ0v) is 12.1. The van der Waals surface area contributed by atoms with Gasteiger partial charge in [0.05, 0.1) is 13.2 Å². The van der Waals surface area contributed by atoms with Crippen LogP contribution in [0, 0.1) is 5.92 Å². The smallest absolute Gasteiger partial charge is 0.341 e. The lowest BCUT2D eigenvalue weighted by molar-refractivity contribution is -0.200. The highest BCUT2D eigenvalue weighted by molar-refractivity contribution is 5.89. The number of aliphatic hydroxyl groups is 2. The Balaban J connectivity index is 2.98. The fourth-order valence-corrected chi connectivity index (χ4v) is 2.69. The second kappa shape index (κ2) is 7.59. The van der Waals surface area contributed by atoms with Crippen molar-refractivity contribution in [2.75, 3.05) is 13.2 Å². The number of hydrogen-bond donors (Lipinski definition) is 2. The molecule has 1 rings (SSSR count). The van der Waals surface area contributed by atoms with Crippen LogP contribution in [0.3, 0.4) is 0 Å². The summed E-state index contributed by atoms with van der Waals surface area (Å²) in [5.41, 5.74) is -2.22. The van der Waals surface area contributed by atoms with Crippen LogP contribution >= 0.6 is 0 Å². The van der Waals surface area contributed by atoms with Gasteiger partial charge < -0.3 is 19.7 Å². The van der Waals surface area contributed by atoms with Crippen LogP contribution in [0.15, 0.2) is 0 Å². The van der Waals surface area contributed by atoms with Crippen LogP contribution in [0.1, 0.15) is 46.0 Å². The number of ether oxygens (including phenoxy) is 2. The lowest BCUT2D eigenvalue weighted by Gasteiger charge is -2.38. The number of esters is 2. The summed E-state index contributed by atoms with van der Waals surface area (Å²) < 4.78 is 9.57. The second-order valence-electron chi connectivity index (χ2n) is 5.04. The summed E-state index contributed by atoms with van der Waals surface area (Å²) in [4.78, 5) is 23.8. The van der Waals surface area contributed by atoms with Gasteiger partial charge in [0.1, 0.15) is 0 Å². The summed E-state index contributed by atoms with van der Waals surface area (Å²) in [6.07, 6.45) is 1.95. The largest absolute Gasteiger partial charge is 0.464 e. The molecule has 6 heteroatoms. The van der Waals surface area contributed by atoms with Crippen molar-refractivity contribution < 1.29 is 29.3 Å².